The van der Waals surface area contributed by atoms with Gasteiger partial charge in [-0.2, -0.15) is 0 Å². The molecule has 6 nitrogen and oxygen atoms in total. The number of fused-ring (bicyclic) bond motifs is 1. The van der Waals surface area contributed by atoms with Crippen molar-refractivity contribution in [1.29, 1.82) is 0 Å². The molecule has 1 saturated heterocycles. The minimum absolute atomic E-state index is 0.0981. The lowest BCUT2D eigenvalue weighted by Gasteiger charge is -2.12. The number of aryl methyl sites for hydroxylation is 2. The molecule has 1 aliphatic heterocycles. The van der Waals surface area contributed by atoms with Crippen LogP contribution in [0.2, 0.25) is 0 Å². The van der Waals surface area contributed by atoms with E-state index in [1.807, 2.05) is 56.3 Å². The van der Waals surface area contributed by atoms with Gasteiger partial charge >= 0.3 is 0 Å². The predicted molar refractivity (Wildman–Crippen MR) is 117 cm³/mol. The fourth-order valence-electron chi connectivity index (χ4n) is 3.26. The number of para-hydroxylation sites is 1. The first kappa shape index (κ1) is 20.0. The van der Waals surface area contributed by atoms with E-state index >= 15 is 0 Å². The van der Waals surface area contributed by atoms with Crippen molar-refractivity contribution in [2.45, 2.75) is 13.8 Å². The summed E-state index contributed by atoms with van der Waals surface area (Å²) < 4.78 is 5.64. The summed E-state index contributed by atoms with van der Waals surface area (Å²) in [6.45, 7) is 4.05. The Bertz CT molecular complexity index is 1180. The van der Waals surface area contributed by atoms with E-state index in [0.717, 1.165) is 38.7 Å². The summed E-state index contributed by atoms with van der Waals surface area (Å²) in [6.07, 6.45) is 1.71. The van der Waals surface area contributed by atoms with E-state index < -0.39 is 0 Å². The van der Waals surface area contributed by atoms with Crippen LogP contribution in [0.1, 0.15) is 27.2 Å². The quantitative estimate of drug-likeness (QED) is 0.614. The highest BCUT2D eigenvalue weighted by molar-refractivity contribution is 8.18. The monoisotopic (exact) mass is 420 g/mol. The first-order chi connectivity index (χ1) is 14.4. The van der Waals surface area contributed by atoms with Gasteiger partial charge in [0, 0.05) is 24.0 Å². The molecule has 0 spiro atoms. The Morgan fingerprint density at radius 3 is 2.57 bits per heavy atom. The van der Waals surface area contributed by atoms with Crippen LogP contribution in [0, 0.1) is 13.8 Å². The summed E-state index contributed by atoms with van der Waals surface area (Å²) in [7, 11) is 0. The van der Waals surface area contributed by atoms with Crippen LogP contribution < -0.4 is 5.32 Å². The van der Waals surface area contributed by atoms with Crippen LogP contribution in [0.25, 0.3) is 17.0 Å². The molecule has 1 fully saturated rings. The highest BCUT2D eigenvalue weighted by atomic mass is 32.2. The van der Waals surface area contributed by atoms with Gasteiger partial charge in [-0.15, -0.1) is 0 Å². The van der Waals surface area contributed by atoms with E-state index in [-0.39, 0.29) is 35.9 Å². The molecule has 0 atom stereocenters. The van der Waals surface area contributed by atoms with E-state index in [4.69, 9.17) is 4.42 Å². The number of hydrogen-bond donors (Lipinski definition) is 1. The van der Waals surface area contributed by atoms with Crippen molar-refractivity contribution < 1.29 is 18.8 Å². The van der Waals surface area contributed by atoms with E-state index in [9.17, 15) is 14.4 Å². The second-order valence-electron chi connectivity index (χ2n) is 7.05. The summed E-state index contributed by atoms with van der Waals surface area (Å²) >= 11 is 0.909. The number of carbonyl (C=O) groups excluding carboxylic acids is 3. The van der Waals surface area contributed by atoms with E-state index in [1.165, 1.54) is 0 Å². The fraction of sp³-hybridized carbons (Fsp3) is 0.174. The van der Waals surface area contributed by atoms with Crippen molar-refractivity contribution in [3.63, 3.8) is 0 Å². The van der Waals surface area contributed by atoms with Gasteiger partial charge in [-0.25, -0.2) is 0 Å². The summed E-state index contributed by atoms with van der Waals surface area (Å²) in [4.78, 5) is 38.9. The third-order valence-electron chi connectivity index (χ3n) is 4.92. The number of hydrogen-bond acceptors (Lipinski definition) is 5. The second kappa shape index (κ2) is 8.20. The van der Waals surface area contributed by atoms with Crippen LogP contribution >= 0.6 is 11.8 Å². The van der Waals surface area contributed by atoms with Gasteiger partial charge < -0.3 is 9.73 Å². The Morgan fingerprint density at radius 2 is 1.83 bits per heavy atom. The standard InChI is InChI=1S/C23H20N2O4S/c1-14-7-9-16(10-8-14)13-19-22(27)25(23(28)30-19)12-11-24-21(26)20-15(2)17-5-3-4-6-18(17)29-20/h3-10,13H,11-12H2,1-2H3,(H,24,26)/b19-13-. The number of imide groups is 1. The predicted octanol–water partition coefficient (Wildman–Crippen LogP) is 4.52. The molecular weight excluding hydrogens is 400 g/mol. The van der Waals surface area contributed by atoms with Crippen LogP contribution in [0.5, 0.6) is 0 Å². The molecule has 30 heavy (non-hydrogen) atoms. The van der Waals surface area contributed by atoms with Crippen LogP contribution in [0.3, 0.4) is 0 Å². The van der Waals surface area contributed by atoms with Crippen molar-refractivity contribution in [3.05, 3.63) is 75.9 Å². The van der Waals surface area contributed by atoms with Gasteiger partial charge in [0.1, 0.15) is 5.58 Å². The minimum Gasteiger partial charge on any atom is -0.451 e. The van der Waals surface area contributed by atoms with Crippen molar-refractivity contribution >= 4 is 45.9 Å². The van der Waals surface area contributed by atoms with Crippen molar-refractivity contribution in [2.75, 3.05) is 13.1 Å². The lowest BCUT2D eigenvalue weighted by molar-refractivity contribution is -0.122. The molecule has 0 bridgehead atoms. The molecule has 0 saturated carbocycles. The lowest BCUT2D eigenvalue weighted by Crippen LogP contribution is -2.37. The number of nitrogens with zero attached hydrogens (tertiary/aromatic N) is 1. The third kappa shape index (κ3) is 3.89. The normalized spacial score (nSPS) is 15.4. The highest BCUT2D eigenvalue weighted by Gasteiger charge is 2.34. The molecule has 2 aromatic carbocycles. The molecule has 1 aromatic heterocycles. The van der Waals surface area contributed by atoms with Crippen LogP contribution in [0.4, 0.5) is 4.79 Å². The second-order valence-corrected chi connectivity index (χ2v) is 8.05. The first-order valence-electron chi connectivity index (χ1n) is 9.52. The highest BCUT2D eigenvalue weighted by Crippen LogP contribution is 2.32. The molecule has 7 heteroatoms. The van der Waals surface area contributed by atoms with E-state index in [1.54, 1.807) is 12.1 Å². The number of thioether (sulfide) groups is 1. The summed E-state index contributed by atoms with van der Waals surface area (Å²) in [5.41, 5.74) is 3.39. The molecule has 1 aliphatic rings. The maximum absolute atomic E-state index is 12.6. The van der Waals surface area contributed by atoms with E-state index in [2.05, 4.69) is 5.32 Å². The molecule has 1 N–H and O–H groups in total. The summed E-state index contributed by atoms with van der Waals surface area (Å²) in [5.74, 6) is -0.477. The molecule has 3 amide bonds. The maximum atomic E-state index is 12.6. The maximum Gasteiger partial charge on any atom is 0.293 e. The van der Waals surface area contributed by atoms with Gasteiger partial charge in [0.25, 0.3) is 17.1 Å². The van der Waals surface area contributed by atoms with Gasteiger partial charge in [0.05, 0.1) is 4.91 Å². The Balaban J connectivity index is 1.39. The number of nitrogens with one attached hydrogen (secondary N) is 1. The van der Waals surface area contributed by atoms with Crippen LogP contribution in [0.15, 0.2) is 57.9 Å². The number of carbonyl (C=O) groups is 3. The minimum atomic E-state index is -0.370. The van der Waals surface area contributed by atoms with Crippen molar-refractivity contribution in [1.82, 2.24) is 10.2 Å². The smallest absolute Gasteiger partial charge is 0.293 e. The van der Waals surface area contributed by atoms with Gasteiger partial charge in [0.2, 0.25) is 0 Å². The number of amides is 3. The molecule has 4 rings (SSSR count). The summed E-state index contributed by atoms with van der Waals surface area (Å²) in [6, 6.07) is 15.1. The Kier molecular flexibility index (Phi) is 5.46. The third-order valence-corrected chi connectivity index (χ3v) is 5.83. The van der Waals surface area contributed by atoms with Crippen LogP contribution in [-0.2, 0) is 4.79 Å². The SMILES string of the molecule is Cc1ccc(/C=C2\SC(=O)N(CCNC(=O)c3oc4ccccc4c3C)C2=O)cc1. The zero-order valence-electron chi connectivity index (χ0n) is 16.6. The Hall–Kier alpha value is -3.32. The Labute approximate surface area is 177 Å². The topological polar surface area (TPSA) is 79.6 Å². The van der Waals surface area contributed by atoms with Gasteiger partial charge in [-0.05, 0) is 43.3 Å². The number of benzene rings is 2. The van der Waals surface area contributed by atoms with Gasteiger partial charge in [0.15, 0.2) is 5.76 Å². The Morgan fingerprint density at radius 1 is 1.10 bits per heavy atom. The van der Waals surface area contributed by atoms with Crippen LogP contribution in [-0.4, -0.2) is 35.0 Å². The number of rotatable bonds is 5. The van der Waals surface area contributed by atoms with E-state index in [0.29, 0.717) is 10.5 Å². The molecule has 152 valence electrons. The lowest BCUT2D eigenvalue weighted by atomic mass is 10.1. The van der Waals surface area contributed by atoms with Crippen molar-refractivity contribution in [3.8, 4) is 0 Å². The number of furan rings is 1. The molecule has 2 heterocycles. The zero-order valence-corrected chi connectivity index (χ0v) is 17.4. The molecule has 0 aliphatic carbocycles. The first-order valence-corrected chi connectivity index (χ1v) is 10.3. The van der Waals surface area contributed by atoms with Crippen molar-refractivity contribution in [2.24, 2.45) is 0 Å². The largest absolute Gasteiger partial charge is 0.451 e. The molecule has 0 unspecified atom stereocenters. The van der Waals surface area contributed by atoms with Gasteiger partial charge in [-0.3, -0.25) is 19.3 Å². The van der Waals surface area contributed by atoms with Gasteiger partial charge in [-0.1, -0.05) is 48.0 Å². The molecule has 0 radical (unpaired) electrons. The molecule has 3 aromatic rings. The zero-order chi connectivity index (χ0) is 21.3. The molecular formula is C23H20N2O4S. The summed E-state index contributed by atoms with van der Waals surface area (Å²) in [5, 5.41) is 3.28. The average molecular weight is 420 g/mol. The fourth-order valence-corrected chi connectivity index (χ4v) is 4.12. The average Bonchev–Trinajstić information content (AvgIpc) is 3.21.